The fraction of sp³-hybridized carbons (Fsp3) is 0.111. The molecule has 0 fully saturated rings. The third-order valence-corrected chi connectivity index (χ3v) is 3.98. The van der Waals surface area contributed by atoms with Gasteiger partial charge in [0, 0.05) is 18.5 Å². The number of aryl methyl sites for hydroxylation is 1. The second-order valence-corrected chi connectivity index (χ2v) is 5.72. The molecule has 7 heteroatoms. The van der Waals surface area contributed by atoms with Crippen LogP contribution in [0.1, 0.15) is 21.6 Å². The van der Waals surface area contributed by atoms with Gasteiger partial charge in [-0.3, -0.25) is 9.48 Å². The molecule has 3 aromatic heterocycles. The molecule has 0 unspecified atom stereocenters. The first-order valence-corrected chi connectivity index (χ1v) is 7.88. The second-order valence-electron chi connectivity index (χ2n) is 5.72. The van der Waals surface area contributed by atoms with Crippen LogP contribution in [0.4, 0.5) is 5.69 Å². The van der Waals surface area contributed by atoms with E-state index in [1.54, 1.807) is 40.1 Å². The summed E-state index contributed by atoms with van der Waals surface area (Å²) < 4.78 is 3.43. The van der Waals surface area contributed by atoms with Crippen molar-refractivity contribution in [2.75, 3.05) is 5.32 Å². The van der Waals surface area contributed by atoms with Gasteiger partial charge in [-0.1, -0.05) is 30.3 Å². The fourth-order valence-corrected chi connectivity index (χ4v) is 2.70. The Morgan fingerprint density at radius 3 is 2.80 bits per heavy atom. The van der Waals surface area contributed by atoms with Crippen molar-refractivity contribution in [3.63, 3.8) is 0 Å². The summed E-state index contributed by atoms with van der Waals surface area (Å²) in [5, 5.41) is 11.3. The number of benzene rings is 1. The summed E-state index contributed by atoms with van der Waals surface area (Å²) in [5.74, 6) is -0.235. The highest BCUT2D eigenvalue weighted by Crippen LogP contribution is 2.13. The first-order valence-electron chi connectivity index (χ1n) is 7.88. The predicted octanol–water partition coefficient (Wildman–Crippen LogP) is 2.53. The quantitative estimate of drug-likeness (QED) is 0.623. The zero-order valence-electron chi connectivity index (χ0n) is 13.6. The second kappa shape index (κ2) is 6.20. The number of carbonyl (C=O) groups is 1. The van der Waals surface area contributed by atoms with Crippen molar-refractivity contribution >= 4 is 17.2 Å². The molecule has 0 bridgehead atoms. The Balaban J connectivity index is 1.51. The SMILES string of the molecule is Cc1c(C(=O)Nc2cnn(Cc3ccccc3)c2)cnc2ccnn12. The number of nitrogens with zero attached hydrogens (tertiary/aromatic N) is 5. The highest BCUT2D eigenvalue weighted by molar-refractivity contribution is 6.04. The summed E-state index contributed by atoms with van der Waals surface area (Å²) >= 11 is 0. The van der Waals surface area contributed by atoms with Crippen LogP contribution < -0.4 is 5.32 Å². The molecule has 0 aliphatic heterocycles. The van der Waals surface area contributed by atoms with Crippen LogP contribution in [-0.2, 0) is 6.54 Å². The minimum absolute atomic E-state index is 0.235. The van der Waals surface area contributed by atoms with Crippen LogP contribution in [-0.4, -0.2) is 30.3 Å². The molecular weight excluding hydrogens is 316 g/mol. The molecule has 0 radical (unpaired) electrons. The van der Waals surface area contributed by atoms with Crippen molar-refractivity contribution in [1.82, 2.24) is 24.4 Å². The Morgan fingerprint density at radius 1 is 1.12 bits per heavy atom. The number of anilines is 1. The Morgan fingerprint density at radius 2 is 1.96 bits per heavy atom. The minimum atomic E-state index is -0.235. The van der Waals surface area contributed by atoms with Crippen molar-refractivity contribution in [3.05, 3.63) is 78.0 Å². The number of nitrogens with one attached hydrogen (secondary N) is 1. The van der Waals surface area contributed by atoms with E-state index in [1.807, 2.05) is 37.3 Å². The zero-order chi connectivity index (χ0) is 17.2. The maximum Gasteiger partial charge on any atom is 0.259 e. The first-order chi connectivity index (χ1) is 12.2. The molecule has 7 nitrogen and oxygen atoms in total. The van der Waals surface area contributed by atoms with Gasteiger partial charge in [0.05, 0.1) is 35.9 Å². The van der Waals surface area contributed by atoms with Crippen LogP contribution in [0.3, 0.4) is 0 Å². The van der Waals surface area contributed by atoms with Gasteiger partial charge in [0.2, 0.25) is 0 Å². The van der Waals surface area contributed by atoms with Gasteiger partial charge in [-0.25, -0.2) is 9.50 Å². The van der Waals surface area contributed by atoms with Crippen molar-refractivity contribution in [2.24, 2.45) is 0 Å². The molecule has 25 heavy (non-hydrogen) atoms. The first kappa shape index (κ1) is 15.1. The van der Waals surface area contributed by atoms with Crippen LogP contribution in [0, 0.1) is 6.92 Å². The Labute approximate surface area is 143 Å². The lowest BCUT2D eigenvalue weighted by Crippen LogP contribution is -2.15. The molecule has 0 saturated heterocycles. The average molecular weight is 332 g/mol. The molecule has 0 spiro atoms. The highest BCUT2D eigenvalue weighted by atomic mass is 16.1. The molecule has 0 saturated carbocycles. The lowest BCUT2D eigenvalue weighted by molar-refractivity contribution is 0.102. The van der Waals surface area contributed by atoms with Crippen molar-refractivity contribution in [1.29, 1.82) is 0 Å². The summed E-state index contributed by atoms with van der Waals surface area (Å²) in [6, 6.07) is 11.8. The standard InChI is InChI=1S/C18H16N6O/c1-13-16(10-19-17-7-8-20-24(13)17)18(25)22-15-9-21-23(12-15)11-14-5-3-2-4-6-14/h2-10,12H,11H2,1H3,(H,22,25). The van der Waals surface area contributed by atoms with E-state index in [1.165, 1.54) is 0 Å². The number of fused-ring (bicyclic) bond motifs is 1. The molecular formula is C18H16N6O. The Hall–Kier alpha value is -3.48. The summed E-state index contributed by atoms with van der Waals surface area (Å²) in [6.45, 7) is 2.49. The topological polar surface area (TPSA) is 77.1 Å². The van der Waals surface area contributed by atoms with Crippen molar-refractivity contribution in [3.8, 4) is 0 Å². The molecule has 4 rings (SSSR count). The maximum atomic E-state index is 12.5. The van der Waals surface area contributed by atoms with Gasteiger partial charge in [-0.2, -0.15) is 10.2 Å². The minimum Gasteiger partial charge on any atom is -0.319 e. The van der Waals surface area contributed by atoms with Gasteiger partial charge in [0.25, 0.3) is 5.91 Å². The number of carbonyl (C=O) groups excluding carboxylic acids is 1. The molecule has 1 N–H and O–H groups in total. The predicted molar refractivity (Wildman–Crippen MR) is 93.4 cm³/mol. The third-order valence-electron chi connectivity index (χ3n) is 3.98. The average Bonchev–Trinajstić information content (AvgIpc) is 3.26. The number of aromatic nitrogens is 5. The van der Waals surface area contributed by atoms with Crippen molar-refractivity contribution in [2.45, 2.75) is 13.5 Å². The number of amides is 1. The third kappa shape index (κ3) is 2.99. The number of rotatable bonds is 4. The van der Waals surface area contributed by atoms with Gasteiger partial charge in [-0.05, 0) is 12.5 Å². The summed E-state index contributed by atoms with van der Waals surface area (Å²) in [5.41, 5.74) is 3.72. The molecule has 4 aromatic rings. The van der Waals surface area contributed by atoms with Crippen LogP contribution >= 0.6 is 0 Å². The summed E-state index contributed by atoms with van der Waals surface area (Å²) in [6.07, 6.45) is 6.66. The molecule has 3 heterocycles. The molecule has 124 valence electrons. The van der Waals surface area contributed by atoms with Gasteiger partial charge in [-0.15, -0.1) is 0 Å². The van der Waals surface area contributed by atoms with E-state index in [4.69, 9.17) is 0 Å². The van der Waals surface area contributed by atoms with E-state index < -0.39 is 0 Å². The van der Waals surface area contributed by atoms with Crippen LogP contribution in [0.25, 0.3) is 5.65 Å². The van der Waals surface area contributed by atoms with E-state index in [0.29, 0.717) is 23.4 Å². The Kier molecular flexibility index (Phi) is 3.74. The van der Waals surface area contributed by atoms with Crippen LogP contribution in [0.2, 0.25) is 0 Å². The van der Waals surface area contributed by atoms with E-state index in [0.717, 1.165) is 11.3 Å². The molecule has 1 aromatic carbocycles. The van der Waals surface area contributed by atoms with E-state index in [2.05, 4.69) is 20.5 Å². The van der Waals surface area contributed by atoms with Gasteiger partial charge in [0.15, 0.2) is 5.65 Å². The monoisotopic (exact) mass is 332 g/mol. The Bertz CT molecular complexity index is 1030. The normalized spacial score (nSPS) is 10.9. The van der Waals surface area contributed by atoms with Gasteiger partial charge < -0.3 is 5.32 Å². The zero-order valence-corrected chi connectivity index (χ0v) is 13.6. The molecule has 0 aliphatic carbocycles. The summed E-state index contributed by atoms with van der Waals surface area (Å²) in [4.78, 5) is 16.8. The van der Waals surface area contributed by atoms with Crippen LogP contribution in [0.5, 0.6) is 0 Å². The highest BCUT2D eigenvalue weighted by Gasteiger charge is 2.14. The van der Waals surface area contributed by atoms with Crippen LogP contribution in [0.15, 0.2) is 61.2 Å². The smallest absolute Gasteiger partial charge is 0.259 e. The largest absolute Gasteiger partial charge is 0.319 e. The number of hydrogen-bond donors (Lipinski definition) is 1. The fourth-order valence-electron chi connectivity index (χ4n) is 2.70. The number of hydrogen-bond acceptors (Lipinski definition) is 4. The maximum absolute atomic E-state index is 12.5. The molecule has 0 atom stereocenters. The molecule has 0 aliphatic rings. The summed E-state index contributed by atoms with van der Waals surface area (Å²) in [7, 11) is 0. The van der Waals surface area contributed by atoms with Gasteiger partial charge >= 0.3 is 0 Å². The van der Waals surface area contributed by atoms with Gasteiger partial charge in [0.1, 0.15) is 0 Å². The van der Waals surface area contributed by atoms with E-state index >= 15 is 0 Å². The lowest BCUT2D eigenvalue weighted by Gasteiger charge is -2.07. The lowest BCUT2D eigenvalue weighted by atomic mass is 10.2. The molecule has 1 amide bonds. The van der Waals surface area contributed by atoms with Crippen molar-refractivity contribution < 1.29 is 4.79 Å². The van der Waals surface area contributed by atoms with E-state index in [-0.39, 0.29) is 5.91 Å². The van der Waals surface area contributed by atoms with E-state index in [9.17, 15) is 4.79 Å².